The van der Waals surface area contributed by atoms with Gasteiger partial charge in [0.1, 0.15) is 11.7 Å². The van der Waals surface area contributed by atoms with Crippen molar-refractivity contribution in [2.45, 2.75) is 64.3 Å². The molecule has 0 saturated carbocycles. The summed E-state index contributed by atoms with van der Waals surface area (Å²) >= 11 is 0. The number of hydrogen-bond acceptors (Lipinski definition) is 5. The first kappa shape index (κ1) is 20.1. The van der Waals surface area contributed by atoms with Crippen LogP contribution in [0.3, 0.4) is 0 Å². The molecule has 24 heavy (non-hydrogen) atoms. The van der Waals surface area contributed by atoms with Gasteiger partial charge >= 0.3 is 5.97 Å². The molecular weight excluding hydrogens is 308 g/mol. The first-order valence-electron chi connectivity index (χ1n) is 8.17. The number of carbonyl (C=O) groups excluding carboxylic acids is 2. The molecule has 0 heterocycles. The van der Waals surface area contributed by atoms with Crippen LogP contribution in [0.2, 0.25) is 0 Å². The number of aliphatic hydroxyl groups excluding tert-OH is 1. The van der Waals surface area contributed by atoms with Crippen LogP contribution in [0.15, 0.2) is 30.3 Å². The van der Waals surface area contributed by atoms with Crippen LogP contribution in [-0.4, -0.2) is 34.7 Å². The summed E-state index contributed by atoms with van der Waals surface area (Å²) in [6.07, 6.45) is -0.116. The number of rotatable bonds is 7. The lowest BCUT2D eigenvalue weighted by molar-refractivity contribution is -0.159. The molecule has 3 unspecified atom stereocenters. The number of aliphatic hydroxyl groups is 1. The van der Waals surface area contributed by atoms with Gasteiger partial charge in [-0.1, -0.05) is 43.7 Å². The summed E-state index contributed by atoms with van der Waals surface area (Å²) in [4.78, 5) is 24.7. The van der Waals surface area contributed by atoms with E-state index in [1.807, 2.05) is 13.0 Å². The van der Waals surface area contributed by atoms with E-state index in [1.165, 1.54) is 0 Å². The quantitative estimate of drug-likeness (QED) is 0.658. The largest absolute Gasteiger partial charge is 0.458 e. The van der Waals surface area contributed by atoms with Gasteiger partial charge in [0, 0.05) is 6.04 Å². The Labute approximate surface area is 143 Å². The number of nitrogens with one attached hydrogen (secondary N) is 1. The molecule has 1 rings (SSSR count). The molecule has 6 heteroatoms. The highest BCUT2D eigenvalue weighted by molar-refractivity contribution is 5.88. The standard InChI is InChI=1S/C18H28N2O4/c1-5-9-13(19)15(21)16(22)20-14(12-10-7-6-8-11-12)17(23)24-18(2,3)4/h6-8,10-11,13-15,21H,5,9,19H2,1-4H3,(H,20,22). The van der Waals surface area contributed by atoms with Crippen molar-refractivity contribution in [3.8, 4) is 0 Å². The molecule has 6 nitrogen and oxygen atoms in total. The molecule has 0 aliphatic heterocycles. The fraction of sp³-hybridized carbons (Fsp3) is 0.556. The summed E-state index contributed by atoms with van der Waals surface area (Å²) in [6.45, 7) is 7.17. The third kappa shape index (κ3) is 6.29. The normalized spacial score (nSPS) is 15.2. The van der Waals surface area contributed by atoms with Crippen molar-refractivity contribution >= 4 is 11.9 Å². The van der Waals surface area contributed by atoms with Crippen LogP contribution >= 0.6 is 0 Å². The third-order valence-corrected chi connectivity index (χ3v) is 3.36. The molecule has 0 aliphatic rings. The van der Waals surface area contributed by atoms with E-state index < -0.39 is 35.7 Å². The Morgan fingerprint density at radius 1 is 1.25 bits per heavy atom. The van der Waals surface area contributed by atoms with Gasteiger partial charge in [0.15, 0.2) is 6.04 Å². The van der Waals surface area contributed by atoms with Crippen LogP contribution in [0.5, 0.6) is 0 Å². The van der Waals surface area contributed by atoms with E-state index in [0.717, 1.165) is 6.42 Å². The van der Waals surface area contributed by atoms with E-state index >= 15 is 0 Å². The minimum atomic E-state index is -1.38. The van der Waals surface area contributed by atoms with Crippen molar-refractivity contribution in [1.82, 2.24) is 5.32 Å². The number of nitrogens with two attached hydrogens (primary N) is 1. The van der Waals surface area contributed by atoms with E-state index in [-0.39, 0.29) is 0 Å². The van der Waals surface area contributed by atoms with Gasteiger partial charge in [0.25, 0.3) is 5.91 Å². The highest BCUT2D eigenvalue weighted by atomic mass is 16.6. The number of benzene rings is 1. The Hall–Kier alpha value is -1.92. The summed E-state index contributed by atoms with van der Waals surface area (Å²) in [7, 11) is 0. The minimum absolute atomic E-state index is 0.511. The number of hydrogen-bond donors (Lipinski definition) is 3. The number of amides is 1. The lowest BCUT2D eigenvalue weighted by Gasteiger charge is -2.26. The third-order valence-electron chi connectivity index (χ3n) is 3.36. The predicted octanol–water partition coefficient (Wildman–Crippen LogP) is 1.67. The molecule has 1 aromatic carbocycles. The van der Waals surface area contributed by atoms with Crippen LogP contribution in [0.4, 0.5) is 0 Å². The minimum Gasteiger partial charge on any atom is -0.458 e. The maximum Gasteiger partial charge on any atom is 0.333 e. The summed E-state index contributed by atoms with van der Waals surface area (Å²) in [5.74, 6) is -1.27. The van der Waals surface area contributed by atoms with Crippen molar-refractivity contribution in [2.75, 3.05) is 0 Å². The van der Waals surface area contributed by atoms with Gasteiger partial charge in [0.2, 0.25) is 0 Å². The number of ether oxygens (including phenoxy) is 1. The van der Waals surface area contributed by atoms with E-state index in [9.17, 15) is 14.7 Å². The van der Waals surface area contributed by atoms with Crippen molar-refractivity contribution < 1.29 is 19.4 Å². The molecule has 0 spiro atoms. The Morgan fingerprint density at radius 3 is 2.33 bits per heavy atom. The molecule has 0 saturated heterocycles. The molecule has 1 amide bonds. The van der Waals surface area contributed by atoms with Crippen molar-refractivity contribution in [3.63, 3.8) is 0 Å². The molecule has 0 fully saturated rings. The highest BCUT2D eigenvalue weighted by Gasteiger charge is 2.31. The fourth-order valence-corrected chi connectivity index (χ4v) is 2.20. The Kier molecular flexibility index (Phi) is 7.38. The molecule has 3 atom stereocenters. The van der Waals surface area contributed by atoms with Gasteiger partial charge in [-0.15, -0.1) is 0 Å². The maximum atomic E-state index is 12.5. The van der Waals surface area contributed by atoms with E-state index in [4.69, 9.17) is 10.5 Å². The van der Waals surface area contributed by atoms with Gasteiger partial charge in [-0.2, -0.15) is 0 Å². The Morgan fingerprint density at radius 2 is 1.83 bits per heavy atom. The van der Waals surface area contributed by atoms with Crippen molar-refractivity contribution in [1.29, 1.82) is 0 Å². The maximum absolute atomic E-state index is 12.5. The Bertz CT molecular complexity index is 540. The van der Waals surface area contributed by atoms with Crippen LogP contribution in [-0.2, 0) is 14.3 Å². The second kappa shape index (κ2) is 8.80. The van der Waals surface area contributed by atoms with Crippen LogP contribution in [0.1, 0.15) is 52.1 Å². The number of carbonyl (C=O) groups is 2. The zero-order valence-corrected chi connectivity index (χ0v) is 14.8. The van der Waals surface area contributed by atoms with Crippen LogP contribution in [0.25, 0.3) is 0 Å². The summed E-state index contributed by atoms with van der Waals surface area (Å²) in [5.41, 5.74) is 5.69. The zero-order valence-electron chi connectivity index (χ0n) is 14.8. The van der Waals surface area contributed by atoms with Crippen LogP contribution < -0.4 is 11.1 Å². The van der Waals surface area contributed by atoms with Crippen molar-refractivity contribution in [2.24, 2.45) is 5.73 Å². The molecule has 4 N–H and O–H groups in total. The van der Waals surface area contributed by atoms with Gasteiger partial charge in [-0.3, -0.25) is 4.79 Å². The predicted molar refractivity (Wildman–Crippen MR) is 92.1 cm³/mol. The molecule has 1 aromatic rings. The smallest absolute Gasteiger partial charge is 0.333 e. The van der Waals surface area contributed by atoms with E-state index in [1.54, 1.807) is 45.0 Å². The molecule has 0 radical (unpaired) electrons. The second-order valence-electron chi connectivity index (χ2n) is 6.78. The second-order valence-corrected chi connectivity index (χ2v) is 6.78. The first-order chi connectivity index (χ1) is 11.2. The van der Waals surface area contributed by atoms with Gasteiger partial charge < -0.3 is 20.9 Å². The lowest BCUT2D eigenvalue weighted by atomic mass is 10.0. The summed E-state index contributed by atoms with van der Waals surface area (Å²) in [6, 6.07) is 7.09. The summed E-state index contributed by atoms with van der Waals surface area (Å²) < 4.78 is 5.38. The molecular formula is C18H28N2O4. The lowest BCUT2D eigenvalue weighted by Crippen LogP contribution is -2.49. The van der Waals surface area contributed by atoms with E-state index in [2.05, 4.69) is 5.32 Å². The van der Waals surface area contributed by atoms with Crippen molar-refractivity contribution in [3.05, 3.63) is 35.9 Å². The Balaban J connectivity index is 2.94. The fourth-order valence-electron chi connectivity index (χ4n) is 2.20. The molecule has 0 bridgehead atoms. The zero-order chi connectivity index (χ0) is 18.3. The molecule has 134 valence electrons. The van der Waals surface area contributed by atoms with Gasteiger partial charge in [0.05, 0.1) is 0 Å². The van der Waals surface area contributed by atoms with Crippen LogP contribution in [0, 0.1) is 0 Å². The topological polar surface area (TPSA) is 102 Å². The highest BCUT2D eigenvalue weighted by Crippen LogP contribution is 2.19. The number of esters is 1. The molecule has 0 aromatic heterocycles. The first-order valence-corrected chi connectivity index (χ1v) is 8.17. The SMILES string of the molecule is CCCC(N)C(O)C(=O)NC(C(=O)OC(C)(C)C)c1ccccc1. The average molecular weight is 336 g/mol. The molecule has 0 aliphatic carbocycles. The van der Waals surface area contributed by atoms with Gasteiger partial charge in [-0.25, -0.2) is 4.79 Å². The monoisotopic (exact) mass is 336 g/mol. The van der Waals surface area contributed by atoms with E-state index in [0.29, 0.717) is 12.0 Å². The average Bonchev–Trinajstić information content (AvgIpc) is 2.50. The summed E-state index contributed by atoms with van der Waals surface area (Å²) in [5, 5.41) is 12.6. The van der Waals surface area contributed by atoms with Gasteiger partial charge in [-0.05, 0) is 32.8 Å².